The summed E-state index contributed by atoms with van der Waals surface area (Å²) in [6.45, 7) is 3.81. The Kier molecular flexibility index (Phi) is 3.47. The highest BCUT2D eigenvalue weighted by atomic mass is 16.5. The van der Waals surface area contributed by atoms with Crippen LogP contribution in [0.1, 0.15) is 27.9 Å². The highest BCUT2D eigenvalue weighted by Gasteiger charge is 2.27. The van der Waals surface area contributed by atoms with Gasteiger partial charge in [-0.15, -0.1) is 0 Å². The summed E-state index contributed by atoms with van der Waals surface area (Å²) in [7, 11) is 0. The summed E-state index contributed by atoms with van der Waals surface area (Å²) in [5.41, 5.74) is 1.80. The second-order valence-corrected chi connectivity index (χ2v) is 4.88. The van der Waals surface area contributed by atoms with Crippen molar-refractivity contribution in [1.29, 1.82) is 0 Å². The van der Waals surface area contributed by atoms with Crippen molar-refractivity contribution in [2.24, 2.45) is 0 Å². The maximum Gasteiger partial charge on any atom is 0.292 e. The number of piperazine rings is 1. The molecule has 6 nitrogen and oxygen atoms in total. The average Bonchev–Trinajstić information content (AvgIpc) is 2.94. The van der Waals surface area contributed by atoms with E-state index >= 15 is 0 Å². The molecule has 1 N–H and O–H groups in total. The molecule has 1 saturated heterocycles. The number of carbonyl (C=O) groups is 1. The van der Waals surface area contributed by atoms with Crippen molar-refractivity contribution >= 4 is 5.91 Å². The van der Waals surface area contributed by atoms with Gasteiger partial charge in [0.25, 0.3) is 5.91 Å². The molecule has 0 bridgehead atoms. The van der Waals surface area contributed by atoms with Crippen molar-refractivity contribution in [3.8, 4) is 0 Å². The van der Waals surface area contributed by atoms with Gasteiger partial charge >= 0.3 is 0 Å². The van der Waals surface area contributed by atoms with Crippen LogP contribution in [-0.2, 0) is 0 Å². The second kappa shape index (κ2) is 5.42. The molecular weight excluding hydrogens is 256 g/mol. The van der Waals surface area contributed by atoms with Crippen LogP contribution in [0.25, 0.3) is 0 Å². The minimum atomic E-state index is -0.110. The first-order chi connectivity index (χ1) is 9.74. The SMILES string of the molecule is Cc1cc(C(=O)N2CCNC(c3cccnc3)C2)on1. The third-order valence-electron chi connectivity index (χ3n) is 3.39. The van der Waals surface area contributed by atoms with Crippen LogP contribution in [-0.4, -0.2) is 40.6 Å². The van der Waals surface area contributed by atoms with Crippen LogP contribution in [0.2, 0.25) is 0 Å². The Balaban J connectivity index is 1.74. The predicted molar refractivity (Wildman–Crippen MR) is 72.1 cm³/mol. The molecule has 1 unspecified atom stereocenters. The molecule has 1 atom stereocenters. The van der Waals surface area contributed by atoms with E-state index < -0.39 is 0 Å². The van der Waals surface area contributed by atoms with Crippen molar-refractivity contribution in [1.82, 2.24) is 20.4 Å². The number of amides is 1. The third kappa shape index (κ3) is 2.55. The molecule has 1 aliphatic heterocycles. The molecule has 3 heterocycles. The van der Waals surface area contributed by atoms with Gasteiger partial charge in [-0.2, -0.15) is 0 Å². The number of nitrogens with one attached hydrogen (secondary N) is 1. The standard InChI is InChI=1S/C14H16N4O2/c1-10-7-13(20-17-10)14(19)18-6-5-16-12(9-18)11-3-2-4-15-8-11/h2-4,7-8,12,16H,5-6,9H2,1H3. The maximum absolute atomic E-state index is 12.3. The van der Waals surface area contributed by atoms with Gasteiger partial charge in [0.05, 0.1) is 11.7 Å². The Hall–Kier alpha value is -2.21. The monoisotopic (exact) mass is 272 g/mol. The van der Waals surface area contributed by atoms with Gasteiger partial charge in [-0.25, -0.2) is 0 Å². The fraction of sp³-hybridized carbons (Fsp3) is 0.357. The molecule has 0 aromatic carbocycles. The molecule has 2 aromatic heterocycles. The van der Waals surface area contributed by atoms with Crippen LogP contribution in [0.15, 0.2) is 35.1 Å². The molecule has 104 valence electrons. The van der Waals surface area contributed by atoms with Gasteiger partial charge in [-0.3, -0.25) is 9.78 Å². The zero-order valence-corrected chi connectivity index (χ0v) is 11.2. The fourth-order valence-corrected chi connectivity index (χ4v) is 2.36. The van der Waals surface area contributed by atoms with Gasteiger partial charge in [0, 0.05) is 38.1 Å². The summed E-state index contributed by atoms with van der Waals surface area (Å²) >= 11 is 0. The third-order valence-corrected chi connectivity index (χ3v) is 3.39. The van der Waals surface area contributed by atoms with E-state index in [-0.39, 0.29) is 11.9 Å². The summed E-state index contributed by atoms with van der Waals surface area (Å²) in [6.07, 6.45) is 3.57. The minimum absolute atomic E-state index is 0.102. The molecule has 0 radical (unpaired) electrons. The van der Waals surface area contributed by atoms with Crippen LogP contribution >= 0.6 is 0 Å². The van der Waals surface area contributed by atoms with Crippen molar-refractivity contribution in [3.05, 3.63) is 47.6 Å². The van der Waals surface area contributed by atoms with E-state index in [0.717, 1.165) is 12.1 Å². The summed E-state index contributed by atoms with van der Waals surface area (Å²) in [4.78, 5) is 18.2. The maximum atomic E-state index is 12.3. The van der Waals surface area contributed by atoms with Gasteiger partial charge in [-0.05, 0) is 18.6 Å². The first-order valence-corrected chi connectivity index (χ1v) is 6.60. The van der Waals surface area contributed by atoms with Gasteiger partial charge in [0.15, 0.2) is 0 Å². The lowest BCUT2D eigenvalue weighted by Crippen LogP contribution is -2.48. The van der Waals surface area contributed by atoms with E-state index in [1.807, 2.05) is 18.3 Å². The topological polar surface area (TPSA) is 71.3 Å². The van der Waals surface area contributed by atoms with Crippen LogP contribution < -0.4 is 5.32 Å². The van der Waals surface area contributed by atoms with Gasteiger partial charge in [0.1, 0.15) is 0 Å². The number of aromatic nitrogens is 2. The molecule has 1 fully saturated rings. The zero-order valence-electron chi connectivity index (χ0n) is 11.2. The van der Waals surface area contributed by atoms with Crippen LogP contribution in [0.5, 0.6) is 0 Å². The molecule has 1 amide bonds. The molecule has 0 spiro atoms. The van der Waals surface area contributed by atoms with E-state index in [2.05, 4.69) is 15.5 Å². The number of nitrogens with zero attached hydrogens (tertiary/aromatic N) is 3. The number of hydrogen-bond acceptors (Lipinski definition) is 5. The van der Waals surface area contributed by atoms with E-state index in [4.69, 9.17) is 4.52 Å². The molecular formula is C14H16N4O2. The number of rotatable bonds is 2. The molecule has 3 rings (SSSR count). The van der Waals surface area contributed by atoms with E-state index in [0.29, 0.717) is 24.5 Å². The molecule has 2 aromatic rings. The molecule has 1 aliphatic rings. The Morgan fingerprint density at radius 2 is 2.45 bits per heavy atom. The van der Waals surface area contributed by atoms with Crippen molar-refractivity contribution in [2.45, 2.75) is 13.0 Å². The number of carbonyl (C=O) groups excluding carboxylic acids is 1. The zero-order chi connectivity index (χ0) is 13.9. The molecule has 20 heavy (non-hydrogen) atoms. The quantitative estimate of drug-likeness (QED) is 0.888. The predicted octanol–water partition coefficient (Wildman–Crippen LogP) is 1.16. The highest BCUT2D eigenvalue weighted by Crippen LogP contribution is 2.18. The molecule has 6 heteroatoms. The smallest absolute Gasteiger partial charge is 0.292 e. The summed E-state index contributed by atoms with van der Waals surface area (Å²) in [5, 5.41) is 7.16. The Morgan fingerprint density at radius 1 is 1.55 bits per heavy atom. The van der Waals surface area contributed by atoms with E-state index in [1.165, 1.54) is 0 Å². The number of aryl methyl sites for hydroxylation is 1. The lowest BCUT2D eigenvalue weighted by Gasteiger charge is -2.33. The van der Waals surface area contributed by atoms with Gasteiger partial charge in [-0.1, -0.05) is 11.2 Å². The van der Waals surface area contributed by atoms with E-state index in [1.54, 1.807) is 24.1 Å². The minimum Gasteiger partial charge on any atom is -0.351 e. The molecule has 0 saturated carbocycles. The van der Waals surface area contributed by atoms with Crippen LogP contribution in [0.4, 0.5) is 0 Å². The lowest BCUT2D eigenvalue weighted by atomic mass is 10.1. The van der Waals surface area contributed by atoms with E-state index in [9.17, 15) is 4.79 Å². The van der Waals surface area contributed by atoms with Crippen molar-refractivity contribution < 1.29 is 9.32 Å². The Morgan fingerprint density at radius 3 is 3.15 bits per heavy atom. The summed E-state index contributed by atoms with van der Waals surface area (Å²) in [5.74, 6) is 0.190. The van der Waals surface area contributed by atoms with Crippen LogP contribution in [0.3, 0.4) is 0 Å². The largest absolute Gasteiger partial charge is 0.351 e. The summed E-state index contributed by atoms with van der Waals surface area (Å²) in [6, 6.07) is 5.68. The average molecular weight is 272 g/mol. The molecule has 0 aliphatic carbocycles. The Labute approximate surface area is 116 Å². The second-order valence-electron chi connectivity index (χ2n) is 4.88. The van der Waals surface area contributed by atoms with Crippen molar-refractivity contribution in [3.63, 3.8) is 0 Å². The fourth-order valence-electron chi connectivity index (χ4n) is 2.36. The van der Waals surface area contributed by atoms with Crippen molar-refractivity contribution in [2.75, 3.05) is 19.6 Å². The highest BCUT2D eigenvalue weighted by molar-refractivity contribution is 5.91. The normalized spacial score (nSPS) is 19.1. The summed E-state index contributed by atoms with van der Waals surface area (Å²) < 4.78 is 5.05. The van der Waals surface area contributed by atoms with Crippen LogP contribution in [0, 0.1) is 6.92 Å². The first kappa shape index (κ1) is 12.8. The number of pyridine rings is 1. The van der Waals surface area contributed by atoms with Gasteiger partial charge in [0.2, 0.25) is 5.76 Å². The first-order valence-electron chi connectivity index (χ1n) is 6.60. The lowest BCUT2D eigenvalue weighted by molar-refractivity contribution is 0.0661. The van der Waals surface area contributed by atoms with Gasteiger partial charge < -0.3 is 14.7 Å². The Bertz CT molecular complexity index is 596. The number of hydrogen-bond donors (Lipinski definition) is 1.